The highest BCUT2D eigenvalue weighted by atomic mass is 15.4. The van der Waals surface area contributed by atoms with E-state index in [9.17, 15) is 0 Å². The number of rotatable bonds is 4. The van der Waals surface area contributed by atoms with Gasteiger partial charge in [-0.05, 0) is 19.4 Å². The molecule has 0 N–H and O–H groups in total. The molecular formula is C24H23N3. The standard InChI is InChI=1S/C24H23N3/c1-3-27-23(20-15-9-5-10-16-20)25-22(19-13-7-4-8-14-19)26-24(27,2)21-17-11-6-12-18-21/h4-18H,3H2,1-2H3. The van der Waals surface area contributed by atoms with E-state index in [1.165, 1.54) is 0 Å². The summed E-state index contributed by atoms with van der Waals surface area (Å²) < 4.78 is 0. The van der Waals surface area contributed by atoms with E-state index in [2.05, 4.69) is 79.4 Å². The summed E-state index contributed by atoms with van der Waals surface area (Å²) in [5, 5.41) is 0. The highest BCUT2D eigenvalue weighted by molar-refractivity contribution is 6.13. The number of amidine groups is 2. The molecule has 134 valence electrons. The molecular weight excluding hydrogens is 330 g/mol. The Morgan fingerprint density at radius 3 is 1.81 bits per heavy atom. The molecule has 1 heterocycles. The van der Waals surface area contributed by atoms with Crippen molar-refractivity contribution in [3.63, 3.8) is 0 Å². The predicted octanol–water partition coefficient (Wildman–Crippen LogP) is 5.09. The minimum absolute atomic E-state index is 0.520. The Bertz CT molecular complexity index is 962. The van der Waals surface area contributed by atoms with Crippen molar-refractivity contribution in [3.05, 3.63) is 108 Å². The molecule has 1 unspecified atom stereocenters. The average Bonchev–Trinajstić information content (AvgIpc) is 2.75. The van der Waals surface area contributed by atoms with Gasteiger partial charge in [-0.15, -0.1) is 0 Å². The Hall–Kier alpha value is -3.20. The lowest BCUT2D eigenvalue weighted by Crippen LogP contribution is -2.49. The third-order valence-corrected chi connectivity index (χ3v) is 5.02. The maximum atomic E-state index is 5.14. The summed E-state index contributed by atoms with van der Waals surface area (Å²) in [5.41, 5.74) is 2.77. The highest BCUT2D eigenvalue weighted by Crippen LogP contribution is 2.35. The van der Waals surface area contributed by atoms with Crippen molar-refractivity contribution in [2.24, 2.45) is 9.98 Å². The van der Waals surface area contributed by atoms with E-state index >= 15 is 0 Å². The first-order chi connectivity index (χ1) is 13.2. The van der Waals surface area contributed by atoms with Crippen LogP contribution in [0.25, 0.3) is 0 Å². The lowest BCUT2D eigenvalue weighted by atomic mass is 9.97. The van der Waals surface area contributed by atoms with Gasteiger partial charge in [0.25, 0.3) is 0 Å². The van der Waals surface area contributed by atoms with Gasteiger partial charge in [-0.25, -0.2) is 9.98 Å². The lowest BCUT2D eigenvalue weighted by molar-refractivity contribution is 0.209. The largest absolute Gasteiger partial charge is 0.328 e. The minimum atomic E-state index is -0.520. The fourth-order valence-corrected chi connectivity index (χ4v) is 3.61. The molecule has 3 aromatic rings. The molecule has 0 radical (unpaired) electrons. The van der Waals surface area contributed by atoms with Gasteiger partial charge >= 0.3 is 0 Å². The molecule has 0 amide bonds. The van der Waals surface area contributed by atoms with Gasteiger partial charge < -0.3 is 4.90 Å². The van der Waals surface area contributed by atoms with E-state index in [0.717, 1.165) is 34.9 Å². The molecule has 0 spiro atoms. The smallest absolute Gasteiger partial charge is 0.159 e. The third-order valence-electron chi connectivity index (χ3n) is 5.02. The second kappa shape index (κ2) is 7.20. The molecule has 4 rings (SSSR count). The first kappa shape index (κ1) is 17.2. The van der Waals surface area contributed by atoms with Crippen LogP contribution in [0.4, 0.5) is 0 Å². The zero-order valence-electron chi connectivity index (χ0n) is 15.7. The van der Waals surface area contributed by atoms with Crippen LogP contribution in [0.5, 0.6) is 0 Å². The van der Waals surface area contributed by atoms with Crippen LogP contribution in [0, 0.1) is 0 Å². The Morgan fingerprint density at radius 2 is 1.26 bits per heavy atom. The van der Waals surface area contributed by atoms with E-state index < -0.39 is 5.66 Å². The normalized spacial score (nSPS) is 19.4. The molecule has 3 heteroatoms. The minimum Gasteiger partial charge on any atom is -0.328 e. The SMILES string of the molecule is CCN1C(c2ccccc2)=NC(c2ccccc2)=NC1(C)c1ccccc1. The van der Waals surface area contributed by atoms with Crippen molar-refractivity contribution >= 4 is 11.7 Å². The van der Waals surface area contributed by atoms with Crippen LogP contribution in [0.2, 0.25) is 0 Å². The van der Waals surface area contributed by atoms with Gasteiger partial charge in [0.1, 0.15) is 5.84 Å². The van der Waals surface area contributed by atoms with Gasteiger partial charge in [-0.2, -0.15) is 0 Å². The van der Waals surface area contributed by atoms with E-state index in [4.69, 9.17) is 9.98 Å². The number of nitrogens with zero attached hydrogens (tertiary/aromatic N) is 3. The third kappa shape index (κ3) is 3.17. The van der Waals surface area contributed by atoms with Crippen molar-refractivity contribution in [1.29, 1.82) is 0 Å². The summed E-state index contributed by atoms with van der Waals surface area (Å²) in [6, 6.07) is 31.0. The number of aliphatic imine (C=N–C) groups is 2. The number of benzene rings is 3. The quantitative estimate of drug-likeness (QED) is 0.642. The molecule has 0 saturated heterocycles. The Balaban J connectivity index is 1.93. The highest BCUT2D eigenvalue weighted by Gasteiger charge is 2.38. The molecule has 1 aliphatic rings. The molecule has 27 heavy (non-hydrogen) atoms. The second-order valence-corrected chi connectivity index (χ2v) is 6.73. The van der Waals surface area contributed by atoms with E-state index in [-0.39, 0.29) is 0 Å². The second-order valence-electron chi connectivity index (χ2n) is 6.73. The van der Waals surface area contributed by atoms with Gasteiger partial charge in [0.2, 0.25) is 0 Å². The average molecular weight is 353 g/mol. The van der Waals surface area contributed by atoms with Gasteiger partial charge in [-0.1, -0.05) is 91.0 Å². The Morgan fingerprint density at radius 1 is 0.741 bits per heavy atom. The maximum absolute atomic E-state index is 5.14. The fraction of sp³-hybridized carbons (Fsp3) is 0.167. The van der Waals surface area contributed by atoms with Crippen molar-refractivity contribution in [1.82, 2.24) is 4.90 Å². The maximum Gasteiger partial charge on any atom is 0.159 e. The van der Waals surface area contributed by atoms with Crippen LogP contribution in [0.15, 0.2) is 101 Å². The summed E-state index contributed by atoms with van der Waals surface area (Å²) in [6.07, 6.45) is 0. The van der Waals surface area contributed by atoms with Crippen molar-refractivity contribution in [2.45, 2.75) is 19.5 Å². The van der Waals surface area contributed by atoms with Crippen LogP contribution < -0.4 is 0 Å². The van der Waals surface area contributed by atoms with Gasteiger partial charge in [0.05, 0.1) is 0 Å². The molecule has 0 bridgehead atoms. The summed E-state index contributed by atoms with van der Waals surface area (Å²) in [5.74, 6) is 1.73. The zero-order chi connectivity index (χ0) is 18.7. The van der Waals surface area contributed by atoms with Crippen molar-refractivity contribution in [2.75, 3.05) is 6.54 Å². The summed E-state index contributed by atoms with van der Waals surface area (Å²) in [6.45, 7) is 5.14. The fourth-order valence-electron chi connectivity index (χ4n) is 3.61. The van der Waals surface area contributed by atoms with E-state index in [1.54, 1.807) is 0 Å². The molecule has 0 fully saturated rings. The van der Waals surface area contributed by atoms with Crippen molar-refractivity contribution < 1.29 is 0 Å². The lowest BCUT2D eigenvalue weighted by Gasteiger charge is -2.43. The monoisotopic (exact) mass is 353 g/mol. The molecule has 1 aliphatic heterocycles. The Labute approximate surface area is 160 Å². The predicted molar refractivity (Wildman–Crippen MR) is 112 cm³/mol. The molecule has 1 atom stereocenters. The molecule has 0 aliphatic carbocycles. The first-order valence-corrected chi connectivity index (χ1v) is 9.35. The van der Waals surface area contributed by atoms with Crippen LogP contribution in [0.3, 0.4) is 0 Å². The topological polar surface area (TPSA) is 28.0 Å². The van der Waals surface area contributed by atoms with Crippen LogP contribution in [-0.4, -0.2) is 23.1 Å². The molecule has 3 nitrogen and oxygen atoms in total. The van der Waals surface area contributed by atoms with Crippen molar-refractivity contribution in [3.8, 4) is 0 Å². The van der Waals surface area contributed by atoms with Gasteiger partial charge in [-0.3, -0.25) is 0 Å². The van der Waals surface area contributed by atoms with Crippen LogP contribution in [-0.2, 0) is 5.66 Å². The van der Waals surface area contributed by atoms with Gasteiger partial charge in [0.15, 0.2) is 11.5 Å². The van der Waals surface area contributed by atoms with Gasteiger partial charge in [0, 0.05) is 17.7 Å². The van der Waals surface area contributed by atoms with Crippen LogP contribution in [0.1, 0.15) is 30.5 Å². The van der Waals surface area contributed by atoms with E-state index in [1.807, 2.05) is 30.3 Å². The molecule has 3 aromatic carbocycles. The summed E-state index contributed by atoms with van der Waals surface area (Å²) in [4.78, 5) is 12.4. The number of hydrogen-bond donors (Lipinski definition) is 0. The molecule has 0 aromatic heterocycles. The Kier molecular flexibility index (Phi) is 4.59. The van der Waals surface area contributed by atoms with Crippen LogP contribution >= 0.6 is 0 Å². The summed E-state index contributed by atoms with van der Waals surface area (Å²) >= 11 is 0. The first-order valence-electron chi connectivity index (χ1n) is 9.35. The molecule has 0 saturated carbocycles. The summed E-state index contributed by atoms with van der Waals surface area (Å²) in [7, 11) is 0. The zero-order valence-corrected chi connectivity index (χ0v) is 15.7. The number of hydrogen-bond acceptors (Lipinski definition) is 3. The van der Waals surface area contributed by atoms with E-state index in [0.29, 0.717) is 0 Å².